The smallest absolute Gasteiger partial charge is 0.248 e. The molecule has 10 heteroatoms. The van der Waals surface area contributed by atoms with Gasteiger partial charge >= 0.3 is 0 Å². The first-order valence-corrected chi connectivity index (χ1v) is 11.4. The third-order valence-corrected chi connectivity index (χ3v) is 7.53. The highest BCUT2D eigenvalue weighted by molar-refractivity contribution is 7.89. The second-order valence-electron chi connectivity index (χ2n) is 7.59. The van der Waals surface area contributed by atoms with Gasteiger partial charge in [-0.1, -0.05) is 11.2 Å². The van der Waals surface area contributed by atoms with Gasteiger partial charge in [0.1, 0.15) is 16.2 Å². The van der Waals surface area contributed by atoms with Crippen molar-refractivity contribution in [1.29, 1.82) is 0 Å². The van der Waals surface area contributed by atoms with Crippen molar-refractivity contribution in [2.45, 2.75) is 38.0 Å². The van der Waals surface area contributed by atoms with Gasteiger partial charge in [0.25, 0.3) is 0 Å². The van der Waals surface area contributed by atoms with Crippen molar-refractivity contribution in [3.05, 3.63) is 47.7 Å². The zero-order valence-corrected chi connectivity index (χ0v) is 17.9. The van der Waals surface area contributed by atoms with E-state index in [0.717, 1.165) is 11.3 Å². The van der Waals surface area contributed by atoms with Gasteiger partial charge in [0.2, 0.25) is 15.9 Å². The minimum absolute atomic E-state index is 0.107. The number of aromatic nitrogens is 3. The Hall–Kier alpha value is -2.72. The van der Waals surface area contributed by atoms with Crippen LogP contribution in [0.15, 0.2) is 40.0 Å². The van der Waals surface area contributed by atoms with Crippen LogP contribution in [0.25, 0.3) is 5.65 Å². The summed E-state index contributed by atoms with van der Waals surface area (Å²) in [5, 5.41) is 6.68. The quantitative estimate of drug-likeness (QED) is 0.636. The molecule has 160 valence electrons. The van der Waals surface area contributed by atoms with Crippen LogP contribution in [-0.4, -0.2) is 52.8 Å². The summed E-state index contributed by atoms with van der Waals surface area (Å²) >= 11 is 0. The number of hydrogen-bond acceptors (Lipinski definition) is 6. The van der Waals surface area contributed by atoms with Crippen LogP contribution < -0.4 is 5.32 Å². The third kappa shape index (κ3) is 3.97. The van der Waals surface area contributed by atoms with Gasteiger partial charge in [-0.25, -0.2) is 13.4 Å². The summed E-state index contributed by atoms with van der Waals surface area (Å²) < 4.78 is 34.4. The number of nitrogens with zero attached hydrogens (tertiary/aromatic N) is 4. The number of carbonyl (C=O) groups is 1. The zero-order valence-electron chi connectivity index (χ0n) is 17.0. The van der Waals surface area contributed by atoms with Crippen LogP contribution in [0.4, 0.5) is 0 Å². The molecule has 0 bridgehead atoms. The summed E-state index contributed by atoms with van der Waals surface area (Å²) in [6, 6.07) is 5.79. The average Bonchev–Trinajstić information content (AvgIpc) is 3.30. The van der Waals surface area contributed by atoms with E-state index in [-0.39, 0.29) is 29.0 Å². The zero-order chi connectivity index (χ0) is 21.3. The van der Waals surface area contributed by atoms with E-state index in [1.165, 1.54) is 4.31 Å². The molecule has 1 amide bonds. The molecular weight excluding hydrogens is 406 g/mol. The van der Waals surface area contributed by atoms with Gasteiger partial charge in [-0.3, -0.25) is 4.79 Å². The maximum atomic E-state index is 13.0. The molecule has 1 unspecified atom stereocenters. The SMILES string of the molecule is Cc1noc(C)c1S(=O)(=O)N1CCCC(C(=O)NCCc2cn3ccccc3n2)C1. The molecule has 0 saturated carbocycles. The molecule has 1 aliphatic rings. The molecule has 1 N–H and O–H groups in total. The standard InChI is InChI=1S/C20H25N5O4S/c1-14-19(15(2)29-23-14)30(27,28)25-11-5-6-16(12-25)20(26)21-9-8-17-13-24-10-4-3-7-18(24)22-17/h3-4,7,10,13,16H,5-6,8-9,11-12H2,1-2H3,(H,21,26). The lowest BCUT2D eigenvalue weighted by atomic mass is 9.99. The minimum atomic E-state index is -3.74. The normalized spacial score (nSPS) is 18.0. The Balaban J connectivity index is 1.36. The highest BCUT2D eigenvalue weighted by Crippen LogP contribution is 2.27. The Bertz CT molecular complexity index is 1110. The van der Waals surface area contributed by atoms with Crippen molar-refractivity contribution in [2.75, 3.05) is 19.6 Å². The van der Waals surface area contributed by atoms with Gasteiger partial charge in [0, 0.05) is 38.4 Å². The Labute approximate surface area is 175 Å². The fourth-order valence-corrected chi connectivity index (χ4v) is 5.73. The molecule has 1 saturated heterocycles. The van der Waals surface area contributed by atoms with Gasteiger partial charge in [-0.15, -0.1) is 0 Å². The van der Waals surface area contributed by atoms with Crippen LogP contribution in [-0.2, 0) is 21.2 Å². The summed E-state index contributed by atoms with van der Waals surface area (Å²) in [5.41, 5.74) is 2.10. The van der Waals surface area contributed by atoms with Gasteiger partial charge in [-0.05, 0) is 38.8 Å². The molecule has 3 aromatic heterocycles. The number of fused-ring (bicyclic) bond motifs is 1. The number of amides is 1. The van der Waals surface area contributed by atoms with E-state index < -0.39 is 10.0 Å². The minimum Gasteiger partial charge on any atom is -0.360 e. The number of hydrogen-bond donors (Lipinski definition) is 1. The van der Waals surface area contributed by atoms with E-state index in [0.29, 0.717) is 38.0 Å². The topological polar surface area (TPSA) is 110 Å². The molecule has 1 aliphatic heterocycles. The Morgan fingerprint density at radius 3 is 2.90 bits per heavy atom. The molecule has 4 heterocycles. The summed E-state index contributed by atoms with van der Waals surface area (Å²) in [4.78, 5) is 17.3. The maximum Gasteiger partial charge on any atom is 0.248 e. The van der Waals surface area contributed by atoms with Crippen LogP contribution in [0.3, 0.4) is 0 Å². The first-order valence-electron chi connectivity index (χ1n) is 9.99. The fourth-order valence-electron chi connectivity index (χ4n) is 3.91. The van der Waals surface area contributed by atoms with E-state index in [9.17, 15) is 13.2 Å². The fraction of sp³-hybridized carbons (Fsp3) is 0.450. The Morgan fingerprint density at radius 2 is 2.17 bits per heavy atom. The molecule has 3 aromatic rings. The van der Waals surface area contributed by atoms with E-state index in [1.54, 1.807) is 13.8 Å². The molecule has 0 aliphatic carbocycles. The molecule has 30 heavy (non-hydrogen) atoms. The molecular formula is C20H25N5O4S. The van der Waals surface area contributed by atoms with Crippen LogP contribution in [0.5, 0.6) is 0 Å². The molecule has 0 spiro atoms. The molecule has 0 radical (unpaired) electrons. The van der Waals surface area contributed by atoms with Crippen molar-refractivity contribution >= 4 is 21.6 Å². The van der Waals surface area contributed by atoms with Crippen LogP contribution >= 0.6 is 0 Å². The van der Waals surface area contributed by atoms with Crippen molar-refractivity contribution in [3.63, 3.8) is 0 Å². The number of rotatable bonds is 6. The number of imidazole rings is 1. The first-order chi connectivity index (χ1) is 14.4. The lowest BCUT2D eigenvalue weighted by Crippen LogP contribution is -2.45. The van der Waals surface area contributed by atoms with Crippen molar-refractivity contribution in [1.82, 2.24) is 24.2 Å². The number of sulfonamides is 1. The highest BCUT2D eigenvalue weighted by atomic mass is 32.2. The second-order valence-corrected chi connectivity index (χ2v) is 9.47. The molecule has 1 atom stereocenters. The van der Waals surface area contributed by atoms with Crippen LogP contribution in [0, 0.1) is 19.8 Å². The van der Waals surface area contributed by atoms with E-state index in [1.807, 2.05) is 35.0 Å². The first kappa shape index (κ1) is 20.5. The summed E-state index contributed by atoms with van der Waals surface area (Å²) in [6.07, 6.45) is 5.78. The second kappa shape index (κ2) is 8.19. The monoisotopic (exact) mass is 431 g/mol. The Kier molecular flexibility index (Phi) is 5.61. The lowest BCUT2D eigenvalue weighted by molar-refractivity contribution is -0.126. The van der Waals surface area contributed by atoms with Crippen molar-refractivity contribution < 1.29 is 17.7 Å². The maximum absolute atomic E-state index is 13.0. The highest BCUT2D eigenvalue weighted by Gasteiger charge is 2.36. The predicted molar refractivity (Wildman–Crippen MR) is 109 cm³/mol. The van der Waals surface area contributed by atoms with Gasteiger partial charge in [-0.2, -0.15) is 4.31 Å². The Morgan fingerprint density at radius 1 is 1.33 bits per heavy atom. The molecule has 0 aromatic carbocycles. The summed E-state index contributed by atoms with van der Waals surface area (Å²) in [6.45, 7) is 4.19. The van der Waals surface area contributed by atoms with Crippen LogP contribution in [0.2, 0.25) is 0 Å². The largest absolute Gasteiger partial charge is 0.360 e. The van der Waals surface area contributed by atoms with Gasteiger partial charge < -0.3 is 14.2 Å². The number of carbonyl (C=O) groups excluding carboxylic acids is 1. The summed E-state index contributed by atoms with van der Waals surface area (Å²) in [5.74, 6) is -0.237. The predicted octanol–water partition coefficient (Wildman–Crippen LogP) is 1.70. The van der Waals surface area contributed by atoms with Gasteiger partial charge in [0.15, 0.2) is 5.76 Å². The third-order valence-electron chi connectivity index (χ3n) is 5.41. The van der Waals surface area contributed by atoms with Crippen molar-refractivity contribution in [2.24, 2.45) is 5.92 Å². The van der Waals surface area contributed by atoms with E-state index in [4.69, 9.17) is 4.52 Å². The summed E-state index contributed by atoms with van der Waals surface area (Å²) in [7, 11) is -3.74. The molecule has 1 fully saturated rings. The number of nitrogens with one attached hydrogen (secondary N) is 1. The number of aryl methyl sites for hydroxylation is 2. The molecule has 9 nitrogen and oxygen atoms in total. The van der Waals surface area contributed by atoms with E-state index >= 15 is 0 Å². The van der Waals surface area contributed by atoms with Gasteiger partial charge in [0.05, 0.1) is 11.6 Å². The van der Waals surface area contributed by atoms with Crippen molar-refractivity contribution in [3.8, 4) is 0 Å². The average molecular weight is 432 g/mol. The lowest BCUT2D eigenvalue weighted by Gasteiger charge is -2.31. The number of piperidine rings is 1. The van der Waals surface area contributed by atoms with E-state index in [2.05, 4.69) is 15.5 Å². The van der Waals surface area contributed by atoms with Crippen LogP contribution in [0.1, 0.15) is 30.0 Å². The number of pyridine rings is 1. The molecule has 4 rings (SSSR count).